The van der Waals surface area contributed by atoms with Crippen molar-refractivity contribution in [2.24, 2.45) is 5.41 Å². The largest absolute Gasteiger partial charge is 0.348 e. The minimum Gasteiger partial charge on any atom is -0.348 e. The van der Waals surface area contributed by atoms with E-state index in [1.165, 1.54) is 0 Å². The van der Waals surface area contributed by atoms with Gasteiger partial charge in [-0.3, -0.25) is 14.4 Å². The number of nitrogens with zero attached hydrogens (tertiary/aromatic N) is 3. The molecular weight excluding hydrogens is 530 g/mol. The summed E-state index contributed by atoms with van der Waals surface area (Å²) >= 11 is 3.18. The monoisotopic (exact) mass is 567 g/mol. The third kappa shape index (κ3) is 6.15. The molecule has 1 aromatic carbocycles. The Labute approximate surface area is 238 Å². The summed E-state index contributed by atoms with van der Waals surface area (Å²) in [6.45, 7) is 10.2. The van der Waals surface area contributed by atoms with E-state index in [0.717, 1.165) is 27.5 Å². The van der Waals surface area contributed by atoms with E-state index in [9.17, 15) is 19.6 Å². The normalized spacial score (nSPS) is 19.6. The highest BCUT2D eigenvalue weighted by atomic mass is 32.2. The maximum atomic E-state index is 13.9. The number of aryl methyl sites for hydroxylation is 1. The smallest absolute Gasteiger partial charge is 0.247 e. The zero-order valence-electron chi connectivity index (χ0n) is 23.2. The molecule has 0 bridgehead atoms. The Kier molecular flexibility index (Phi) is 8.72. The van der Waals surface area contributed by atoms with Crippen LogP contribution in [0.2, 0.25) is 0 Å². The van der Waals surface area contributed by atoms with E-state index in [4.69, 9.17) is 0 Å². The Bertz CT molecular complexity index is 1260. The van der Waals surface area contributed by atoms with Gasteiger partial charge in [0.25, 0.3) is 0 Å². The Morgan fingerprint density at radius 3 is 2.51 bits per heavy atom. The first kappa shape index (κ1) is 29.1. The highest BCUT2D eigenvalue weighted by Gasteiger charge is 2.53. The number of nitriles is 1. The van der Waals surface area contributed by atoms with Gasteiger partial charge in [0.2, 0.25) is 17.7 Å². The van der Waals surface area contributed by atoms with Crippen LogP contribution in [-0.4, -0.2) is 56.7 Å². The topological polar surface area (TPSA) is 115 Å². The number of nitrogens with one attached hydrogen (secondary N) is 2. The molecule has 3 amide bonds. The van der Waals surface area contributed by atoms with Gasteiger partial charge in [-0.25, -0.2) is 4.98 Å². The summed E-state index contributed by atoms with van der Waals surface area (Å²) in [5.74, 6) is -0.0901. The number of carbonyl (C=O) groups excluding carboxylic acids is 3. The summed E-state index contributed by atoms with van der Waals surface area (Å²) in [6.07, 6.45) is 2.30. The Balaban J connectivity index is 1.46. The van der Waals surface area contributed by atoms with Crippen LogP contribution in [0.4, 0.5) is 0 Å². The molecule has 1 aliphatic carbocycles. The van der Waals surface area contributed by atoms with Crippen LogP contribution in [0.25, 0.3) is 10.4 Å². The number of thiazole rings is 1. The van der Waals surface area contributed by atoms with Gasteiger partial charge in [-0.1, -0.05) is 31.2 Å². The highest BCUT2D eigenvalue weighted by molar-refractivity contribution is 8.00. The van der Waals surface area contributed by atoms with Crippen LogP contribution in [0.3, 0.4) is 0 Å². The third-order valence-corrected chi connectivity index (χ3v) is 9.99. The molecule has 1 saturated heterocycles. The first-order valence-electron chi connectivity index (χ1n) is 13.5. The van der Waals surface area contributed by atoms with Gasteiger partial charge in [0, 0.05) is 11.3 Å². The Morgan fingerprint density at radius 1 is 1.26 bits per heavy atom. The van der Waals surface area contributed by atoms with Gasteiger partial charge in [-0.2, -0.15) is 17.0 Å². The molecule has 2 aromatic rings. The van der Waals surface area contributed by atoms with Crippen molar-refractivity contribution < 1.29 is 14.4 Å². The van der Waals surface area contributed by atoms with Crippen LogP contribution in [0.1, 0.15) is 70.7 Å². The van der Waals surface area contributed by atoms with E-state index in [2.05, 4.69) is 21.7 Å². The molecule has 2 N–H and O–H groups in total. The average Bonchev–Trinajstić information content (AvgIpc) is 3.34. The summed E-state index contributed by atoms with van der Waals surface area (Å²) in [6, 6.07) is 8.54. The number of benzene rings is 1. The van der Waals surface area contributed by atoms with Crippen LogP contribution >= 0.6 is 23.1 Å². The number of likely N-dealkylation sites (tertiary alicyclic amines) is 1. The summed E-state index contributed by atoms with van der Waals surface area (Å²) in [7, 11) is 0. The lowest BCUT2D eigenvalue weighted by atomic mass is 9.98. The molecule has 1 saturated carbocycles. The molecular formula is C29H37N5O3S2. The standard InChI is InChI=1S/C29H37N5O3S2/c1-6-39-28(4,5)24(33-27(37)29(16-30)13-14-29)26(36)34-15-7-8-22(34)25(35)32-18(2)20-9-11-21(12-10-20)23-19(3)31-17-38-23/h9-12,17-18,22,24H,6-8,13-15H2,1-5H3,(H,32,35)(H,33,37)/t18-,22-,24+/m0/s1. The quantitative estimate of drug-likeness (QED) is 0.433. The number of thioether (sulfide) groups is 1. The van der Waals surface area contributed by atoms with Crippen molar-refractivity contribution in [1.29, 1.82) is 5.26 Å². The predicted molar refractivity (Wildman–Crippen MR) is 155 cm³/mol. The van der Waals surface area contributed by atoms with Crippen LogP contribution in [-0.2, 0) is 14.4 Å². The molecule has 2 heterocycles. The zero-order valence-corrected chi connectivity index (χ0v) is 24.9. The second-order valence-corrected chi connectivity index (χ2v) is 13.7. The fraction of sp³-hybridized carbons (Fsp3) is 0.552. The molecule has 2 aliphatic rings. The van der Waals surface area contributed by atoms with Crippen molar-refractivity contribution in [3.05, 3.63) is 41.0 Å². The third-order valence-electron chi connectivity index (χ3n) is 7.75. The van der Waals surface area contributed by atoms with Crippen molar-refractivity contribution >= 4 is 40.8 Å². The molecule has 39 heavy (non-hydrogen) atoms. The minimum absolute atomic E-state index is 0.197. The van der Waals surface area contributed by atoms with Gasteiger partial charge in [0.05, 0.1) is 28.2 Å². The second-order valence-electron chi connectivity index (χ2n) is 10.9. The molecule has 208 valence electrons. The van der Waals surface area contributed by atoms with Crippen molar-refractivity contribution in [3.8, 4) is 16.5 Å². The first-order valence-corrected chi connectivity index (χ1v) is 15.4. The van der Waals surface area contributed by atoms with E-state index < -0.39 is 22.2 Å². The minimum atomic E-state index is -1.03. The van der Waals surface area contributed by atoms with Gasteiger partial charge in [-0.05, 0) is 70.3 Å². The lowest BCUT2D eigenvalue weighted by Crippen LogP contribution is -2.60. The molecule has 3 atom stereocenters. The molecule has 0 radical (unpaired) electrons. The van der Waals surface area contributed by atoms with Gasteiger partial charge in [-0.15, -0.1) is 11.3 Å². The van der Waals surface area contributed by atoms with Gasteiger partial charge in [0.15, 0.2) is 0 Å². The zero-order chi connectivity index (χ0) is 28.4. The number of carbonyl (C=O) groups is 3. The summed E-state index contributed by atoms with van der Waals surface area (Å²) < 4.78 is -0.609. The molecule has 4 rings (SSSR count). The first-order chi connectivity index (χ1) is 18.5. The number of hydrogen-bond donors (Lipinski definition) is 2. The van der Waals surface area contributed by atoms with E-state index in [1.807, 2.05) is 64.4 Å². The Hall–Kier alpha value is -2.90. The fourth-order valence-corrected chi connectivity index (χ4v) is 7.02. The summed E-state index contributed by atoms with van der Waals surface area (Å²) in [5, 5.41) is 15.5. The van der Waals surface area contributed by atoms with E-state index >= 15 is 0 Å². The fourth-order valence-electron chi connectivity index (χ4n) is 5.14. The maximum absolute atomic E-state index is 13.9. The Morgan fingerprint density at radius 2 is 1.95 bits per heavy atom. The number of rotatable bonds is 10. The molecule has 2 fully saturated rings. The van der Waals surface area contributed by atoms with Crippen molar-refractivity contribution in [3.63, 3.8) is 0 Å². The van der Waals surface area contributed by atoms with Gasteiger partial charge < -0.3 is 15.5 Å². The number of amides is 3. The molecule has 1 aliphatic heterocycles. The predicted octanol–water partition coefficient (Wildman–Crippen LogP) is 4.61. The summed E-state index contributed by atoms with van der Waals surface area (Å²) in [4.78, 5) is 47.4. The summed E-state index contributed by atoms with van der Waals surface area (Å²) in [5.41, 5.74) is 3.87. The van der Waals surface area contributed by atoms with Crippen molar-refractivity contribution in [2.75, 3.05) is 12.3 Å². The van der Waals surface area contributed by atoms with Gasteiger partial charge in [0.1, 0.15) is 17.5 Å². The van der Waals surface area contributed by atoms with E-state index in [1.54, 1.807) is 28.0 Å². The van der Waals surface area contributed by atoms with Crippen LogP contribution in [0.5, 0.6) is 0 Å². The van der Waals surface area contributed by atoms with Crippen LogP contribution < -0.4 is 10.6 Å². The maximum Gasteiger partial charge on any atom is 0.247 e. The molecule has 0 unspecified atom stereocenters. The highest BCUT2D eigenvalue weighted by Crippen LogP contribution is 2.45. The average molecular weight is 568 g/mol. The van der Waals surface area contributed by atoms with Gasteiger partial charge >= 0.3 is 0 Å². The molecule has 0 spiro atoms. The van der Waals surface area contributed by atoms with E-state index in [0.29, 0.717) is 32.2 Å². The lowest BCUT2D eigenvalue weighted by Gasteiger charge is -2.37. The van der Waals surface area contributed by atoms with Crippen molar-refractivity contribution in [2.45, 2.75) is 83.2 Å². The number of aromatic nitrogens is 1. The number of hydrogen-bond acceptors (Lipinski definition) is 7. The molecule has 1 aromatic heterocycles. The molecule has 10 heteroatoms. The van der Waals surface area contributed by atoms with Crippen molar-refractivity contribution in [1.82, 2.24) is 20.5 Å². The molecule has 8 nitrogen and oxygen atoms in total. The van der Waals surface area contributed by atoms with E-state index in [-0.39, 0.29) is 23.8 Å². The SMILES string of the molecule is CCSC(C)(C)[C@H](NC(=O)C1(C#N)CC1)C(=O)N1CCC[C@H]1C(=O)N[C@@H](C)c1ccc(-c2scnc2C)cc1. The second kappa shape index (κ2) is 11.7. The van der Waals surface area contributed by atoms with Crippen LogP contribution in [0.15, 0.2) is 29.8 Å². The van der Waals surface area contributed by atoms with Crippen LogP contribution in [0, 0.1) is 23.7 Å². The lowest BCUT2D eigenvalue weighted by molar-refractivity contribution is -0.142.